The standard InChI is InChI=1S/C33H48N4/c1-34-22-24-35(25-23-34)17-11-18-36-21-16-33(37-19-9-4-10-20-37)26-30(28-12-5-2-6-13-28)32(36)31(27-33)29-14-7-3-8-15-29/h2-3,5-8,12-15,30-32H,4,9-11,16-27H2,1H3/t30-,31-,32?,33?/m0/s1. The summed E-state index contributed by atoms with van der Waals surface area (Å²) in [4.78, 5) is 11.1. The van der Waals surface area contributed by atoms with Crippen molar-refractivity contribution in [3.63, 3.8) is 0 Å². The largest absolute Gasteiger partial charge is 0.304 e. The highest BCUT2D eigenvalue weighted by Gasteiger charge is 2.53. The van der Waals surface area contributed by atoms with E-state index in [1.165, 1.54) is 104 Å². The minimum atomic E-state index is 0.337. The lowest BCUT2D eigenvalue weighted by molar-refractivity contribution is 0.0159. The Hall–Kier alpha value is -1.72. The third-order valence-corrected chi connectivity index (χ3v) is 10.3. The Kier molecular flexibility index (Phi) is 7.99. The first kappa shape index (κ1) is 25.6. The molecule has 2 bridgehead atoms. The molecule has 200 valence electrons. The van der Waals surface area contributed by atoms with E-state index in [1.54, 1.807) is 11.1 Å². The molecule has 7 rings (SSSR count). The second-order valence-corrected chi connectivity index (χ2v) is 12.5. The topological polar surface area (TPSA) is 13.0 Å². The normalized spacial score (nSPS) is 32.4. The number of likely N-dealkylation sites (tertiary alicyclic amines) is 1. The van der Waals surface area contributed by atoms with Gasteiger partial charge in [-0.05, 0) is 82.9 Å². The zero-order valence-electron chi connectivity index (χ0n) is 23.1. The van der Waals surface area contributed by atoms with Gasteiger partial charge in [0.15, 0.2) is 0 Å². The van der Waals surface area contributed by atoms with E-state index in [0.717, 1.165) is 0 Å². The van der Waals surface area contributed by atoms with Gasteiger partial charge in [-0.25, -0.2) is 0 Å². The van der Waals surface area contributed by atoms with Crippen LogP contribution in [0, 0.1) is 0 Å². The van der Waals surface area contributed by atoms with Gasteiger partial charge in [0.2, 0.25) is 0 Å². The molecule has 37 heavy (non-hydrogen) atoms. The minimum Gasteiger partial charge on any atom is -0.304 e. The van der Waals surface area contributed by atoms with Crippen LogP contribution in [0.1, 0.15) is 67.9 Å². The molecule has 0 spiro atoms. The van der Waals surface area contributed by atoms with E-state index in [2.05, 4.69) is 87.3 Å². The summed E-state index contributed by atoms with van der Waals surface area (Å²) in [6.45, 7) is 11.3. The predicted molar refractivity (Wildman–Crippen MR) is 154 cm³/mol. The lowest BCUT2D eigenvalue weighted by Crippen LogP contribution is -2.56. The molecule has 5 aliphatic rings. The monoisotopic (exact) mass is 500 g/mol. The molecule has 2 aromatic carbocycles. The van der Waals surface area contributed by atoms with Crippen LogP contribution in [0.5, 0.6) is 0 Å². The summed E-state index contributed by atoms with van der Waals surface area (Å²) in [6.07, 6.45) is 9.47. The third kappa shape index (κ3) is 5.54. The van der Waals surface area contributed by atoms with E-state index < -0.39 is 0 Å². The molecular weight excluding hydrogens is 452 g/mol. The SMILES string of the molecule is CN1CCN(CCCN2CCC3(N4CCCCC4)C[C@@H](c4ccccc4)C2[C@H](c2ccccc2)C3)CC1. The van der Waals surface area contributed by atoms with Gasteiger partial charge in [0.25, 0.3) is 0 Å². The van der Waals surface area contributed by atoms with E-state index in [4.69, 9.17) is 0 Å². The van der Waals surface area contributed by atoms with Crippen molar-refractivity contribution >= 4 is 0 Å². The maximum Gasteiger partial charge on any atom is 0.0234 e. The van der Waals surface area contributed by atoms with Gasteiger partial charge in [0, 0.05) is 56.1 Å². The van der Waals surface area contributed by atoms with Crippen LogP contribution in [-0.4, -0.2) is 97.1 Å². The fraction of sp³-hybridized carbons (Fsp3) is 0.636. The van der Waals surface area contributed by atoms with Crippen molar-refractivity contribution in [2.24, 2.45) is 0 Å². The van der Waals surface area contributed by atoms with E-state index in [-0.39, 0.29) is 0 Å². The Bertz CT molecular complexity index is 915. The quantitative estimate of drug-likeness (QED) is 0.512. The number of rotatable bonds is 7. The molecule has 0 unspecified atom stereocenters. The summed E-state index contributed by atoms with van der Waals surface area (Å²) in [5.74, 6) is 1.21. The molecule has 5 fully saturated rings. The molecule has 2 aromatic rings. The van der Waals surface area contributed by atoms with Crippen LogP contribution in [0.3, 0.4) is 0 Å². The molecule has 4 nitrogen and oxygen atoms in total. The van der Waals surface area contributed by atoms with Crippen molar-refractivity contribution in [3.05, 3.63) is 71.8 Å². The second-order valence-electron chi connectivity index (χ2n) is 12.5. The molecule has 4 heterocycles. The number of benzene rings is 2. The first-order valence-electron chi connectivity index (χ1n) is 15.2. The van der Waals surface area contributed by atoms with E-state index in [0.29, 0.717) is 23.4 Å². The fourth-order valence-electron chi connectivity index (χ4n) is 8.28. The summed E-state index contributed by atoms with van der Waals surface area (Å²) in [5, 5.41) is 0. The molecular formula is C33H48N4. The van der Waals surface area contributed by atoms with Crippen LogP contribution in [-0.2, 0) is 0 Å². The lowest BCUT2D eigenvalue weighted by atomic mass is 9.63. The van der Waals surface area contributed by atoms with Crippen LogP contribution >= 0.6 is 0 Å². The highest BCUT2D eigenvalue weighted by molar-refractivity contribution is 5.32. The van der Waals surface area contributed by atoms with Crippen LogP contribution in [0.2, 0.25) is 0 Å². The molecule has 4 saturated heterocycles. The summed E-state index contributed by atoms with van der Waals surface area (Å²) in [6, 6.07) is 23.8. The van der Waals surface area contributed by atoms with Crippen LogP contribution in [0.15, 0.2) is 60.7 Å². The van der Waals surface area contributed by atoms with Crippen molar-refractivity contribution in [2.75, 3.05) is 66.0 Å². The fourth-order valence-corrected chi connectivity index (χ4v) is 8.28. The number of hydrogen-bond donors (Lipinski definition) is 0. The van der Waals surface area contributed by atoms with Crippen molar-refractivity contribution in [1.82, 2.24) is 19.6 Å². The number of hydrogen-bond acceptors (Lipinski definition) is 4. The number of nitrogens with zero attached hydrogens (tertiary/aromatic N) is 4. The predicted octanol–water partition coefficient (Wildman–Crippen LogP) is 5.28. The van der Waals surface area contributed by atoms with Gasteiger partial charge in [-0.3, -0.25) is 9.80 Å². The van der Waals surface area contributed by atoms with Gasteiger partial charge in [0.05, 0.1) is 0 Å². The molecule has 1 saturated carbocycles. The van der Waals surface area contributed by atoms with Crippen molar-refractivity contribution in [2.45, 2.75) is 68.4 Å². The summed E-state index contributed by atoms with van der Waals surface area (Å²) >= 11 is 0. The first-order valence-corrected chi connectivity index (χ1v) is 15.2. The van der Waals surface area contributed by atoms with Crippen molar-refractivity contribution in [1.29, 1.82) is 0 Å². The molecule has 4 aliphatic heterocycles. The third-order valence-electron chi connectivity index (χ3n) is 10.3. The number of fused-ring (bicyclic) bond motifs is 4. The van der Waals surface area contributed by atoms with Gasteiger partial charge < -0.3 is 9.80 Å². The maximum atomic E-state index is 2.96. The Morgan fingerprint density at radius 3 is 1.86 bits per heavy atom. The summed E-state index contributed by atoms with van der Waals surface area (Å²) in [7, 11) is 2.26. The van der Waals surface area contributed by atoms with Crippen molar-refractivity contribution in [3.8, 4) is 0 Å². The molecule has 1 aliphatic carbocycles. The first-order chi connectivity index (χ1) is 18.2. The molecule has 4 heteroatoms. The van der Waals surface area contributed by atoms with Crippen molar-refractivity contribution < 1.29 is 0 Å². The highest BCUT2D eigenvalue weighted by atomic mass is 15.3. The smallest absolute Gasteiger partial charge is 0.0234 e. The lowest BCUT2D eigenvalue weighted by Gasteiger charge is -2.53. The maximum absolute atomic E-state index is 2.96. The van der Waals surface area contributed by atoms with Crippen LogP contribution in [0.25, 0.3) is 0 Å². The molecule has 0 aromatic heterocycles. The number of piperidine rings is 1. The summed E-state index contributed by atoms with van der Waals surface area (Å²) in [5.41, 5.74) is 3.48. The number of piperazine rings is 1. The Balaban J connectivity index is 1.31. The van der Waals surface area contributed by atoms with Gasteiger partial charge in [0.1, 0.15) is 0 Å². The molecule has 2 atom stereocenters. The van der Waals surface area contributed by atoms with Crippen LogP contribution in [0.4, 0.5) is 0 Å². The van der Waals surface area contributed by atoms with Gasteiger partial charge in [-0.2, -0.15) is 0 Å². The zero-order chi connectivity index (χ0) is 25.1. The van der Waals surface area contributed by atoms with Crippen LogP contribution < -0.4 is 0 Å². The molecule has 0 amide bonds. The highest BCUT2D eigenvalue weighted by Crippen LogP contribution is 2.54. The second kappa shape index (κ2) is 11.6. The van der Waals surface area contributed by atoms with E-state index in [1.807, 2.05) is 0 Å². The Morgan fingerprint density at radius 2 is 1.27 bits per heavy atom. The zero-order valence-corrected chi connectivity index (χ0v) is 23.1. The van der Waals surface area contributed by atoms with E-state index >= 15 is 0 Å². The Labute approximate surface area is 225 Å². The number of likely N-dealkylation sites (N-methyl/N-ethyl adjacent to an activating group) is 1. The molecule has 0 N–H and O–H groups in total. The summed E-state index contributed by atoms with van der Waals surface area (Å²) < 4.78 is 0. The average molecular weight is 501 g/mol. The molecule has 0 radical (unpaired) electrons. The van der Waals surface area contributed by atoms with Gasteiger partial charge in [-0.15, -0.1) is 0 Å². The van der Waals surface area contributed by atoms with E-state index in [9.17, 15) is 0 Å². The minimum absolute atomic E-state index is 0.337. The average Bonchev–Trinajstić information content (AvgIpc) is 3.23. The van der Waals surface area contributed by atoms with Gasteiger partial charge in [-0.1, -0.05) is 67.1 Å². The van der Waals surface area contributed by atoms with Gasteiger partial charge >= 0.3 is 0 Å². The Morgan fingerprint density at radius 1 is 0.676 bits per heavy atom.